The van der Waals surface area contributed by atoms with Gasteiger partial charge in [0.2, 0.25) is 0 Å². The minimum absolute atomic E-state index is 0.469. The summed E-state index contributed by atoms with van der Waals surface area (Å²) in [4.78, 5) is 11.8. The number of carbonyl (C=O) groups is 1. The Morgan fingerprint density at radius 1 is 1.06 bits per heavy atom. The third kappa shape index (κ3) is 7.68. The summed E-state index contributed by atoms with van der Waals surface area (Å²) in [5.74, 6) is 0.469. The molecule has 0 bridgehead atoms. The van der Waals surface area contributed by atoms with Crippen molar-refractivity contribution in [3.63, 3.8) is 0 Å². The Balaban J connectivity index is 1.95. The highest BCUT2D eigenvalue weighted by atomic mass is 16.1. The summed E-state index contributed by atoms with van der Waals surface area (Å²) in [6.07, 6.45) is 17.9. The van der Waals surface area contributed by atoms with Gasteiger partial charge in [-0.1, -0.05) is 57.1 Å². The third-order valence-corrected chi connectivity index (χ3v) is 3.87. The number of unbranched alkanes of at least 4 members (excludes halogenated alkanes) is 6. The molecule has 18 heavy (non-hydrogen) atoms. The predicted molar refractivity (Wildman–Crippen MR) is 78.8 cm³/mol. The molecule has 1 rings (SSSR count). The first-order chi connectivity index (χ1) is 8.83. The van der Waals surface area contributed by atoms with E-state index in [0.29, 0.717) is 5.78 Å². The SMILES string of the molecule is CCCCCCCCCC(=O)CC1=CCCCC1. The molecular formula is C17H30O. The van der Waals surface area contributed by atoms with E-state index in [1.54, 1.807) is 0 Å². The van der Waals surface area contributed by atoms with Gasteiger partial charge in [-0.25, -0.2) is 0 Å². The largest absolute Gasteiger partial charge is 0.299 e. The van der Waals surface area contributed by atoms with Gasteiger partial charge in [0.25, 0.3) is 0 Å². The lowest BCUT2D eigenvalue weighted by Crippen LogP contribution is -2.02. The molecule has 1 heteroatoms. The second kappa shape index (κ2) is 10.3. The minimum atomic E-state index is 0.469. The van der Waals surface area contributed by atoms with E-state index in [4.69, 9.17) is 0 Å². The highest BCUT2D eigenvalue weighted by Gasteiger charge is 2.08. The molecule has 1 nitrogen and oxygen atoms in total. The fourth-order valence-electron chi connectivity index (χ4n) is 2.69. The van der Waals surface area contributed by atoms with Crippen molar-refractivity contribution in [3.8, 4) is 0 Å². The second-order valence-electron chi connectivity index (χ2n) is 5.69. The molecule has 1 aliphatic rings. The van der Waals surface area contributed by atoms with Crippen LogP contribution in [0.4, 0.5) is 0 Å². The summed E-state index contributed by atoms with van der Waals surface area (Å²) in [5.41, 5.74) is 1.41. The van der Waals surface area contributed by atoms with Gasteiger partial charge < -0.3 is 0 Å². The molecule has 0 unspecified atom stereocenters. The average Bonchev–Trinajstić information content (AvgIpc) is 2.39. The van der Waals surface area contributed by atoms with E-state index >= 15 is 0 Å². The summed E-state index contributed by atoms with van der Waals surface area (Å²) in [7, 11) is 0. The van der Waals surface area contributed by atoms with Crippen molar-refractivity contribution in [3.05, 3.63) is 11.6 Å². The predicted octanol–water partition coefficient (Wildman–Crippen LogP) is 5.59. The van der Waals surface area contributed by atoms with Crippen LogP contribution in [-0.2, 0) is 4.79 Å². The van der Waals surface area contributed by atoms with Crippen LogP contribution >= 0.6 is 0 Å². The molecule has 0 aromatic carbocycles. The van der Waals surface area contributed by atoms with Crippen LogP contribution in [0.1, 0.15) is 90.4 Å². The lowest BCUT2D eigenvalue weighted by atomic mass is 9.94. The number of hydrogen-bond acceptors (Lipinski definition) is 1. The van der Waals surface area contributed by atoms with Gasteiger partial charge in [0.15, 0.2) is 0 Å². The first kappa shape index (κ1) is 15.5. The Hall–Kier alpha value is -0.590. The number of carbonyl (C=O) groups excluding carboxylic acids is 1. The molecule has 0 saturated carbocycles. The van der Waals surface area contributed by atoms with Crippen molar-refractivity contribution in [1.82, 2.24) is 0 Å². The lowest BCUT2D eigenvalue weighted by Gasteiger charge is -2.11. The maximum atomic E-state index is 11.8. The van der Waals surface area contributed by atoms with Crippen LogP contribution in [0.2, 0.25) is 0 Å². The van der Waals surface area contributed by atoms with E-state index in [2.05, 4.69) is 13.0 Å². The molecule has 0 N–H and O–H groups in total. The molecule has 0 heterocycles. The van der Waals surface area contributed by atoms with Crippen molar-refractivity contribution in [2.24, 2.45) is 0 Å². The number of ketones is 1. The fraction of sp³-hybridized carbons (Fsp3) is 0.824. The number of allylic oxidation sites excluding steroid dienone is 2. The van der Waals surface area contributed by atoms with E-state index in [0.717, 1.165) is 19.3 Å². The zero-order chi connectivity index (χ0) is 13.1. The Morgan fingerprint density at radius 2 is 1.78 bits per heavy atom. The normalized spacial score (nSPS) is 15.5. The van der Waals surface area contributed by atoms with E-state index in [1.807, 2.05) is 0 Å². The number of Topliss-reactive ketones (excluding diaryl/α,β-unsaturated/α-hetero) is 1. The summed E-state index contributed by atoms with van der Waals surface area (Å²) in [6, 6.07) is 0. The smallest absolute Gasteiger partial charge is 0.136 e. The van der Waals surface area contributed by atoms with Crippen LogP contribution in [0.3, 0.4) is 0 Å². The molecule has 0 atom stereocenters. The van der Waals surface area contributed by atoms with Crippen molar-refractivity contribution < 1.29 is 4.79 Å². The topological polar surface area (TPSA) is 17.1 Å². The van der Waals surface area contributed by atoms with Crippen molar-refractivity contribution in [2.45, 2.75) is 90.4 Å². The van der Waals surface area contributed by atoms with Crippen LogP contribution in [-0.4, -0.2) is 5.78 Å². The number of hydrogen-bond donors (Lipinski definition) is 0. The van der Waals surface area contributed by atoms with Gasteiger partial charge in [-0.2, -0.15) is 0 Å². The van der Waals surface area contributed by atoms with E-state index in [9.17, 15) is 4.79 Å². The molecule has 0 aromatic heterocycles. The lowest BCUT2D eigenvalue weighted by molar-refractivity contribution is -0.118. The molecule has 104 valence electrons. The average molecular weight is 250 g/mol. The molecule has 0 fully saturated rings. The first-order valence-electron chi connectivity index (χ1n) is 8.02. The molecule has 0 saturated heterocycles. The highest BCUT2D eigenvalue weighted by molar-refractivity contribution is 5.80. The van der Waals surface area contributed by atoms with Crippen molar-refractivity contribution in [1.29, 1.82) is 0 Å². The maximum absolute atomic E-state index is 11.8. The van der Waals surface area contributed by atoms with Gasteiger partial charge in [0.1, 0.15) is 5.78 Å². The summed E-state index contributed by atoms with van der Waals surface area (Å²) in [5, 5.41) is 0. The molecule has 0 aliphatic heterocycles. The van der Waals surface area contributed by atoms with E-state index in [-0.39, 0.29) is 0 Å². The minimum Gasteiger partial charge on any atom is -0.299 e. The van der Waals surface area contributed by atoms with Gasteiger partial charge in [-0.05, 0) is 32.1 Å². The first-order valence-corrected chi connectivity index (χ1v) is 8.02. The van der Waals surface area contributed by atoms with E-state index < -0.39 is 0 Å². The third-order valence-electron chi connectivity index (χ3n) is 3.87. The summed E-state index contributed by atoms with van der Waals surface area (Å²) in [6.45, 7) is 2.25. The van der Waals surface area contributed by atoms with Crippen LogP contribution < -0.4 is 0 Å². The van der Waals surface area contributed by atoms with Crippen LogP contribution in [0, 0.1) is 0 Å². The van der Waals surface area contributed by atoms with Gasteiger partial charge in [-0.3, -0.25) is 4.79 Å². The fourth-order valence-corrected chi connectivity index (χ4v) is 2.69. The van der Waals surface area contributed by atoms with E-state index in [1.165, 1.54) is 69.8 Å². The Kier molecular flexibility index (Phi) is 8.89. The number of rotatable bonds is 10. The van der Waals surface area contributed by atoms with Crippen molar-refractivity contribution >= 4 is 5.78 Å². The van der Waals surface area contributed by atoms with Gasteiger partial charge in [-0.15, -0.1) is 0 Å². The highest BCUT2D eigenvalue weighted by Crippen LogP contribution is 2.21. The van der Waals surface area contributed by atoms with Crippen LogP contribution in [0.25, 0.3) is 0 Å². The van der Waals surface area contributed by atoms with Crippen LogP contribution in [0.5, 0.6) is 0 Å². The molecular weight excluding hydrogens is 220 g/mol. The molecule has 0 radical (unpaired) electrons. The summed E-state index contributed by atoms with van der Waals surface area (Å²) < 4.78 is 0. The second-order valence-corrected chi connectivity index (χ2v) is 5.69. The van der Waals surface area contributed by atoms with Crippen molar-refractivity contribution in [2.75, 3.05) is 0 Å². The standard InChI is InChI=1S/C17H30O/c1-2-3-4-5-6-7-11-14-17(18)15-16-12-9-8-10-13-16/h12H,2-11,13-15H2,1H3. The summed E-state index contributed by atoms with van der Waals surface area (Å²) >= 11 is 0. The monoisotopic (exact) mass is 250 g/mol. The van der Waals surface area contributed by atoms with Crippen LogP contribution in [0.15, 0.2) is 11.6 Å². The van der Waals surface area contributed by atoms with Gasteiger partial charge >= 0.3 is 0 Å². The molecule has 1 aliphatic carbocycles. The molecule has 0 aromatic rings. The molecule has 0 spiro atoms. The zero-order valence-electron chi connectivity index (χ0n) is 12.2. The Bertz CT molecular complexity index is 252. The quantitative estimate of drug-likeness (QED) is 0.365. The van der Waals surface area contributed by atoms with Gasteiger partial charge in [0, 0.05) is 12.8 Å². The Morgan fingerprint density at radius 3 is 2.44 bits per heavy atom. The zero-order valence-corrected chi connectivity index (χ0v) is 12.2. The molecule has 0 amide bonds. The Labute approximate surface area is 113 Å². The van der Waals surface area contributed by atoms with Gasteiger partial charge in [0.05, 0.1) is 0 Å². The maximum Gasteiger partial charge on any atom is 0.136 e.